The molecule has 0 atom stereocenters. The zero-order valence-electron chi connectivity index (χ0n) is 6.45. The minimum Gasteiger partial charge on any atom is -1.00 e. The van der Waals surface area contributed by atoms with Crippen molar-refractivity contribution in [1.29, 1.82) is 0 Å². The zero-order valence-corrected chi connectivity index (χ0v) is 9.43. The van der Waals surface area contributed by atoms with Crippen LogP contribution in [0.4, 0.5) is 0 Å². The highest BCUT2D eigenvalue weighted by Gasteiger charge is 2.01. The van der Waals surface area contributed by atoms with E-state index in [1.54, 1.807) is 0 Å². The second kappa shape index (κ2) is 4.13. The Balaban J connectivity index is 0.000000720. The van der Waals surface area contributed by atoms with Crippen molar-refractivity contribution in [2.24, 2.45) is 0 Å². The van der Waals surface area contributed by atoms with Crippen LogP contribution in [0.15, 0.2) is 33.9 Å². The third-order valence-corrected chi connectivity index (χ3v) is 1.97. The maximum absolute atomic E-state index is 5.37. The Hall–Kier alpha value is -0.230. The van der Waals surface area contributed by atoms with Crippen molar-refractivity contribution in [2.75, 3.05) is 6.26 Å². The Morgan fingerprint density at radius 1 is 1.33 bits per heavy atom. The molecule has 0 aliphatic heterocycles. The van der Waals surface area contributed by atoms with E-state index in [4.69, 9.17) is 4.42 Å². The van der Waals surface area contributed by atoms with Gasteiger partial charge in [0, 0.05) is 0 Å². The first kappa shape index (κ1) is 9.85. The number of thioether (sulfide) groups is 1. The van der Waals surface area contributed by atoms with E-state index in [9.17, 15) is 0 Å². The van der Waals surface area contributed by atoms with E-state index < -0.39 is 0 Å². The first-order chi connectivity index (χ1) is 5.40. The predicted molar refractivity (Wildman–Crippen MR) is 45.8 cm³/mol. The van der Waals surface area contributed by atoms with Crippen LogP contribution in [0.25, 0.3) is 11.1 Å². The molecule has 1 aromatic carbocycles. The molecule has 2 nitrogen and oxygen atoms in total. The molecule has 0 aliphatic rings. The fraction of sp³-hybridized carbons (Fsp3) is 0.125. The molecule has 4 heteroatoms. The summed E-state index contributed by atoms with van der Waals surface area (Å²) in [7, 11) is 0. The van der Waals surface area contributed by atoms with Gasteiger partial charge in [-0.15, -0.1) is 0 Å². The summed E-state index contributed by atoms with van der Waals surface area (Å²) in [6.07, 6.45) is 1.95. The minimum atomic E-state index is 0. The van der Waals surface area contributed by atoms with Crippen LogP contribution in [0.5, 0.6) is 0 Å². The van der Waals surface area contributed by atoms with E-state index in [0.717, 1.165) is 16.3 Å². The van der Waals surface area contributed by atoms with Gasteiger partial charge in [0.05, 0.1) is 0 Å². The standard InChI is InChI=1S/C8H7NOS.HI/c1-11-8-9-6-4-2-3-5-7(6)10-8;/h2-5H,1H3;1H/p-1. The number of rotatable bonds is 1. The first-order valence-electron chi connectivity index (χ1n) is 3.30. The Morgan fingerprint density at radius 3 is 2.75 bits per heavy atom. The molecule has 1 heterocycles. The van der Waals surface area contributed by atoms with Gasteiger partial charge < -0.3 is 28.4 Å². The predicted octanol–water partition coefficient (Wildman–Crippen LogP) is -0.446. The molecule has 1 aromatic heterocycles. The van der Waals surface area contributed by atoms with Crippen molar-refractivity contribution in [2.45, 2.75) is 5.22 Å². The number of hydrogen-bond acceptors (Lipinski definition) is 3. The van der Waals surface area contributed by atoms with Gasteiger partial charge in [0.1, 0.15) is 5.52 Å². The Morgan fingerprint density at radius 2 is 2.08 bits per heavy atom. The molecule has 2 rings (SSSR count). The second-order valence-corrected chi connectivity index (χ2v) is 2.91. The van der Waals surface area contributed by atoms with Crippen LogP contribution in [-0.4, -0.2) is 11.2 Å². The van der Waals surface area contributed by atoms with E-state index in [0.29, 0.717) is 0 Å². The lowest BCUT2D eigenvalue weighted by molar-refractivity contribution is -0.00000275. The summed E-state index contributed by atoms with van der Waals surface area (Å²) in [6, 6.07) is 7.76. The molecule has 0 amide bonds. The van der Waals surface area contributed by atoms with Gasteiger partial charge in [-0.1, -0.05) is 23.9 Å². The van der Waals surface area contributed by atoms with Crippen LogP contribution in [0, 0.1) is 0 Å². The summed E-state index contributed by atoms with van der Waals surface area (Å²) in [5, 5.41) is 0.728. The van der Waals surface area contributed by atoms with E-state index in [1.165, 1.54) is 11.8 Å². The highest BCUT2D eigenvalue weighted by atomic mass is 127. The van der Waals surface area contributed by atoms with E-state index in [1.807, 2.05) is 30.5 Å². The lowest BCUT2D eigenvalue weighted by atomic mass is 10.3. The van der Waals surface area contributed by atoms with Gasteiger partial charge in [0.25, 0.3) is 5.22 Å². The monoisotopic (exact) mass is 292 g/mol. The summed E-state index contributed by atoms with van der Waals surface area (Å²) in [5.41, 5.74) is 1.79. The van der Waals surface area contributed by atoms with Crippen molar-refractivity contribution in [1.82, 2.24) is 4.98 Å². The van der Waals surface area contributed by atoms with Crippen molar-refractivity contribution in [3.05, 3.63) is 24.3 Å². The summed E-state index contributed by atoms with van der Waals surface area (Å²) >= 11 is 1.52. The highest BCUT2D eigenvalue weighted by Crippen LogP contribution is 2.20. The molecule has 0 saturated carbocycles. The molecule has 0 radical (unpaired) electrons. The molecule has 0 bridgehead atoms. The lowest BCUT2D eigenvalue weighted by Crippen LogP contribution is -3.00. The molecule has 12 heavy (non-hydrogen) atoms. The topological polar surface area (TPSA) is 26.0 Å². The number of aromatic nitrogens is 1. The fourth-order valence-corrected chi connectivity index (χ4v) is 1.30. The van der Waals surface area contributed by atoms with Crippen molar-refractivity contribution < 1.29 is 28.4 Å². The molecule has 0 fully saturated rings. The number of para-hydroxylation sites is 2. The largest absolute Gasteiger partial charge is 1.00 e. The number of halogens is 1. The maximum Gasteiger partial charge on any atom is 0.256 e. The van der Waals surface area contributed by atoms with Crippen LogP contribution in [0.3, 0.4) is 0 Å². The minimum absolute atomic E-state index is 0. The summed E-state index contributed by atoms with van der Waals surface area (Å²) in [4.78, 5) is 4.23. The van der Waals surface area contributed by atoms with Crippen LogP contribution < -0.4 is 24.0 Å². The first-order valence-corrected chi connectivity index (χ1v) is 4.52. The fourth-order valence-electron chi connectivity index (χ4n) is 0.938. The van der Waals surface area contributed by atoms with E-state index in [2.05, 4.69) is 4.98 Å². The molecular formula is C8H7INOS-. The van der Waals surface area contributed by atoms with Gasteiger partial charge in [-0.05, 0) is 18.4 Å². The van der Waals surface area contributed by atoms with Gasteiger partial charge in [0.15, 0.2) is 5.58 Å². The van der Waals surface area contributed by atoms with Gasteiger partial charge in [0.2, 0.25) is 0 Å². The molecule has 64 valence electrons. The Labute approximate surface area is 91.8 Å². The molecule has 0 saturated heterocycles. The van der Waals surface area contributed by atoms with Crippen molar-refractivity contribution >= 4 is 22.9 Å². The molecule has 0 aliphatic carbocycles. The van der Waals surface area contributed by atoms with Gasteiger partial charge in [-0.25, -0.2) is 4.98 Å². The molecule has 2 aromatic rings. The second-order valence-electron chi connectivity index (χ2n) is 2.15. The average molecular weight is 292 g/mol. The smallest absolute Gasteiger partial charge is 0.256 e. The van der Waals surface area contributed by atoms with Crippen molar-refractivity contribution in [3.8, 4) is 0 Å². The van der Waals surface area contributed by atoms with Gasteiger partial charge in [-0.3, -0.25) is 0 Å². The number of benzene rings is 1. The van der Waals surface area contributed by atoms with Crippen LogP contribution >= 0.6 is 11.8 Å². The summed E-state index contributed by atoms with van der Waals surface area (Å²) in [6.45, 7) is 0. The zero-order chi connectivity index (χ0) is 7.68. The van der Waals surface area contributed by atoms with E-state index >= 15 is 0 Å². The number of nitrogens with zero attached hydrogens (tertiary/aromatic N) is 1. The number of oxazole rings is 1. The molecular weight excluding hydrogens is 285 g/mol. The summed E-state index contributed by atoms with van der Waals surface area (Å²) < 4.78 is 5.37. The highest BCUT2D eigenvalue weighted by molar-refractivity contribution is 7.98. The molecule has 0 N–H and O–H groups in total. The van der Waals surface area contributed by atoms with Crippen molar-refractivity contribution in [3.63, 3.8) is 0 Å². The van der Waals surface area contributed by atoms with Gasteiger partial charge >= 0.3 is 0 Å². The molecule has 0 spiro atoms. The lowest BCUT2D eigenvalue weighted by Gasteiger charge is -1.80. The Kier molecular flexibility index (Phi) is 3.39. The number of fused-ring (bicyclic) bond motifs is 1. The third-order valence-electron chi connectivity index (χ3n) is 1.45. The van der Waals surface area contributed by atoms with Gasteiger partial charge in [-0.2, -0.15) is 0 Å². The quantitative estimate of drug-likeness (QED) is 0.526. The Bertz CT molecular complexity index is 341. The maximum atomic E-state index is 5.37. The summed E-state index contributed by atoms with van der Waals surface area (Å²) in [5.74, 6) is 0. The SMILES string of the molecule is CSc1nc2ccccc2o1.[I-]. The normalized spacial score (nSPS) is 9.75. The van der Waals surface area contributed by atoms with E-state index in [-0.39, 0.29) is 24.0 Å². The van der Waals surface area contributed by atoms with Crippen LogP contribution in [0.1, 0.15) is 0 Å². The average Bonchev–Trinajstić information content (AvgIpc) is 2.46. The number of hydrogen-bond donors (Lipinski definition) is 0. The molecule has 0 unspecified atom stereocenters. The van der Waals surface area contributed by atoms with Crippen LogP contribution in [0.2, 0.25) is 0 Å². The third kappa shape index (κ3) is 1.74. The van der Waals surface area contributed by atoms with Crippen LogP contribution in [-0.2, 0) is 0 Å².